The lowest BCUT2D eigenvalue weighted by Gasteiger charge is -2.10. The van der Waals surface area contributed by atoms with Crippen LogP contribution in [0, 0.1) is 0 Å². The molecule has 0 radical (unpaired) electrons. The lowest BCUT2D eigenvalue weighted by Crippen LogP contribution is -2.12. The molecule has 0 spiro atoms. The van der Waals surface area contributed by atoms with Crippen molar-refractivity contribution >= 4 is 6.21 Å². The van der Waals surface area contributed by atoms with Crippen LogP contribution in [0.5, 0.6) is 0 Å². The van der Waals surface area contributed by atoms with Crippen LogP contribution in [0.2, 0.25) is 0 Å². The molecule has 0 amide bonds. The van der Waals surface area contributed by atoms with Gasteiger partial charge in [-0.05, 0) is 20.8 Å². The third kappa shape index (κ3) is 13.6. The molecule has 4 heteroatoms. The van der Waals surface area contributed by atoms with E-state index >= 15 is 0 Å². The quantitative estimate of drug-likeness (QED) is 0.457. The van der Waals surface area contributed by atoms with Crippen molar-refractivity contribution in [1.82, 2.24) is 0 Å². The maximum atomic E-state index is 5.29. The molecule has 0 aromatic heterocycles. The lowest BCUT2D eigenvalue weighted by molar-refractivity contribution is 0.0338. The molecular formula is C11H23NO3. The fourth-order valence-electron chi connectivity index (χ4n) is 0.809. The standard InChI is InChI=1S/C11H23NO3/c1-11(2,3)12-5-6-14-9-10-15-8-7-13-4/h5H,6-10H2,1-4H3/b12-5+. The molecule has 0 aliphatic heterocycles. The first-order valence-electron chi connectivity index (χ1n) is 5.24. The lowest BCUT2D eigenvalue weighted by atomic mass is 10.1. The summed E-state index contributed by atoms with van der Waals surface area (Å²) >= 11 is 0. The number of rotatable bonds is 8. The van der Waals surface area contributed by atoms with Gasteiger partial charge in [-0.1, -0.05) is 0 Å². The van der Waals surface area contributed by atoms with Gasteiger partial charge in [-0.2, -0.15) is 0 Å². The highest BCUT2D eigenvalue weighted by Crippen LogP contribution is 2.03. The molecule has 0 aliphatic rings. The first kappa shape index (κ1) is 14.6. The molecule has 0 saturated carbocycles. The normalized spacial score (nSPS) is 12.5. The molecule has 0 aliphatic carbocycles. The topological polar surface area (TPSA) is 40.0 Å². The van der Waals surface area contributed by atoms with Crippen molar-refractivity contribution in [3.05, 3.63) is 0 Å². The van der Waals surface area contributed by atoms with Crippen LogP contribution in [-0.2, 0) is 14.2 Å². The zero-order chi connectivity index (χ0) is 11.6. The van der Waals surface area contributed by atoms with Gasteiger partial charge in [0.1, 0.15) is 0 Å². The Morgan fingerprint density at radius 3 is 2.20 bits per heavy atom. The summed E-state index contributed by atoms with van der Waals surface area (Å²) in [5.41, 5.74) is -0.0156. The van der Waals surface area contributed by atoms with Crippen LogP contribution in [-0.4, -0.2) is 51.9 Å². The van der Waals surface area contributed by atoms with E-state index < -0.39 is 0 Å². The van der Waals surface area contributed by atoms with E-state index in [0.29, 0.717) is 33.0 Å². The van der Waals surface area contributed by atoms with Gasteiger partial charge in [0.15, 0.2) is 0 Å². The van der Waals surface area contributed by atoms with E-state index in [9.17, 15) is 0 Å². The third-order valence-corrected chi connectivity index (χ3v) is 1.47. The summed E-state index contributed by atoms with van der Waals surface area (Å²) in [5, 5.41) is 0. The van der Waals surface area contributed by atoms with Gasteiger partial charge in [0.2, 0.25) is 0 Å². The molecule has 0 heterocycles. The van der Waals surface area contributed by atoms with Gasteiger partial charge in [0.25, 0.3) is 0 Å². The molecule has 0 aromatic carbocycles. The number of nitrogens with zero attached hydrogens (tertiary/aromatic N) is 1. The van der Waals surface area contributed by atoms with Gasteiger partial charge < -0.3 is 14.2 Å². The second kappa shape index (κ2) is 8.83. The van der Waals surface area contributed by atoms with Gasteiger partial charge in [-0.15, -0.1) is 0 Å². The van der Waals surface area contributed by atoms with E-state index in [-0.39, 0.29) is 5.54 Å². The van der Waals surface area contributed by atoms with E-state index in [1.165, 1.54) is 0 Å². The highest BCUT2D eigenvalue weighted by molar-refractivity contribution is 5.59. The summed E-state index contributed by atoms with van der Waals surface area (Å²) in [6.45, 7) is 9.16. The maximum Gasteiger partial charge on any atom is 0.0815 e. The Morgan fingerprint density at radius 2 is 1.60 bits per heavy atom. The Morgan fingerprint density at radius 1 is 1.00 bits per heavy atom. The van der Waals surface area contributed by atoms with E-state index in [0.717, 1.165) is 0 Å². The molecule has 90 valence electrons. The number of ether oxygens (including phenoxy) is 3. The van der Waals surface area contributed by atoms with Crippen molar-refractivity contribution in [3.63, 3.8) is 0 Å². The number of methoxy groups -OCH3 is 1. The van der Waals surface area contributed by atoms with Gasteiger partial charge in [0.05, 0.1) is 38.6 Å². The maximum absolute atomic E-state index is 5.29. The number of aliphatic imine (C=N–C) groups is 1. The first-order chi connectivity index (χ1) is 7.06. The summed E-state index contributed by atoms with van der Waals surface area (Å²) in [6.07, 6.45) is 1.80. The molecule has 0 atom stereocenters. The summed E-state index contributed by atoms with van der Waals surface area (Å²) in [6, 6.07) is 0. The van der Waals surface area contributed by atoms with Crippen molar-refractivity contribution in [2.75, 3.05) is 40.1 Å². The molecule has 0 N–H and O–H groups in total. The van der Waals surface area contributed by atoms with Crippen LogP contribution < -0.4 is 0 Å². The molecule has 0 rings (SSSR count). The van der Waals surface area contributed by atoms with Crippen molar-refractivity contribution in [1.29, 1.82) is 0 Å². The molecular weight excluding hydrogens is 194 g/mol. The Balaban J connectivity index is 3.15. The second-order valence-electron chi connectivity index (χ2n) is 4.16. The van der Waals surface area contributed by atoms with Crippen LogP contribution in [0.25, 0.3) is 0 Å². The fraction of sp³-hybridized carbons (Fsp3) is 0.909. The van der Waals surface area contributed by atoms with E-state index in [1.807, 2.05) is 0 Å². The van der Waals surface area contributed by atoms with Crippen molar-refractivity contribution in [2.24, 2.45) is 4.99 Å². The SMILES string of the molecule is COCCOCCOC/C=N/C(C)(C)C. The van der Waals surface area contributed by atoms with Gasteiger partial charge in [0, 0.05) is 13.3 Å². The summed E-state index contributed by atoms with van der Waals surface area (Å²) in [7, 11) is 1.66. The minimum absolute atomic E-state index is 0.0156. The van der Waals surface area contributed by atoms with Crippen molar-refractivity contribution in [2.45, 2.75) is 26.3 Å². The predicted molar refractivity (Wildman–Crippen MR) is 61.8 cm³/mol. The minimum Gasteiger partial charge on any atom is -0.382 e. The Bertz CT molecular complexity index is 164. The average molecular weight is 217 g/mol. The molecule has 0 bridgehead atoms. The fourth-order valence-corrected chi connectivity index (χ4v) is 0.809. The first-order valence-corrected chi connectivity index (χ1v) is 5.24. The van der Waals surface area contributed by atoms with Crippen LogP contribution in [0.1, 0.15) is 20.8 Å². The summed E-state index contributed by atoms with van der Waals surface area (Å²) in [5.74, 6) is 0. The van der Waals surface area contributed by atoms with Crippen LogP contribution in [0.3, 0.4) is 0 Å². The van der Waals surface area contributed by atoms with E-state index in [1.54, 1.807) is 13.3 Å². The van der Waals surface area contributed by atoms with E-state index in [2.05, 4.69) is 25.8 Å². The third-order valence-electron chi connectivity index (χ3n) is 1.47. The predicted octanol–water partition coefficient (Wildman–Crippen LogP) is 1.54. The molecule has 0 unspecified atom stereocenters. The second-order valence-corrected chi connectivity index (χ2v) is 4.16. The smallest absolute Gasteiger partial charge is 0.0815 e. The van der Waals surface area contributed by atoms with Crippen LogP contribution in [0.15, 0.2) is 4.99 Å². The molecule has 4 nitrogen and oxygen atoms in total. The van der Waals surface area contributed by atoms with Gasteiger partial charge >= 0.3 is 0 Å². The van der Waals surface area contributed by atoms with Crippen molar-refractivity contribution < 1.29 is 14.2 Å². The average Bonchev–Trinajstić information content (AvgIpc) is 2.14. The molecule has 0 aromatic rings. The number of hydrogen-bond donors (Lipinski definition) is 0. The molecule has 15 heavy (non-hydrogen) atoms. The van der Waals surface area contributed by atoms with Crippen LogP contribution >= 0.6 is 0 Å². The van der Waals surface area contributed by atoms with Gasteiger partial charge in [-0.25, -0.2) is 0 Å². The number of hydrogen-bond acceptors (Lipinski definition) is 4. The Hall–Kier alpha value is -0.450. The highest BCUT2D eigenvalue weighted by Gasteiger charge is 2.03. The Labute approximate surface area is 92.6 Å². The Kier molecular flexibility index (Phi) is 8.56. The highest BCUT2D eigenvalue weighted by atomic mass is 16.5. The van der Waals surface area contributed by atoms with Crippen LogP contribution in [0.4, 0.5) is 0 Å². The largest absolute Gasteiger partial charge is 0.382 e. The van der Waals surface area contributed by atoms with Crippen molar-refractivity contribution in [3.8, 4) is 0 Å². The zero-order valence-electron chi connectivity index (χ0n) is 10.3. The molecule has 0 fully saturated rings. The summed E-state index contributed by atoms with van der Waals surface area (Å²) < 4.78 is 15.4. The summed E-state index contributed by atoms with van der Waals surface area (Å²) in [4.78, 5) is 4.29. The van der Waals surface area contributed by atoms with Gasteiger partial charge in [-0.3, -0.25) is 4.99 Å². The minimum atomic E-state index is -0.0156. The molecule has 0 saturated heterocycles. The monoisotopic (exact) mass is 217 g/mol. The van der Waals surface area contributed by atoms with E-state index in [4.69, 9.17) is 14.2 Å². The zero-order valence-corrected chi connectivity index (χ0v) is 10.3.